The van der Waals surface area contributed by atoms with Gasteiger partial charge in [-0.15, -0.1) is 4.83 Å². The number of hydrazine groups is 1. The minimum Gasteiger partial charge on any atom is -0.307 e. The van der Waals surface area contributed by atoms with Crippen LogP contribution in [0.3, 0.4) is 0 Å². The molecule has 0 aliphatic heterocycles. The smallest absolute Gasteiger partial charge is 0.307 e. The Bertz CT molecular complexity index is 127. The third-order valence-electron chi connectivity index (χ3n) is 0.149. The topological polar surface area (TPSA) is 109 Å². The molecule has 0 aromatic rings. The van der Waals surface area contributed by atoms with Crippen LogP contribution in [0.1, 0.15) is 0 Å². The first-order valence-corrected chi connectivity index (χ1v) is 2.74. The zero-order valence-corrected chi connectivity index (χ0v) is 4.68. The van der Waals surface area contributed by atoms with Crippen molar-refractivity contribution < 1.29 is 17.8 Å². The lowest BCUT2D eigenvalue weighted by Crippen LogP contribution is -2.29. The Labute approximate surface area is 46.5 Å². The van der Waals surface area contributed by atoms with Gasteiger partial charge in [0.1, 0.15) is 6.79 Å². The Kier molecular flexibility index (Phi) is 6.09. The minimum absolute atomic E-state index is 1.13. The first-order valence-electron chi connectivity index (χ1n) is 1.30. The number of rotatable bonds is 1. The first-order chi connectivity index (χ1) is 3.56. The molecule has 0 radical (unpaired) electrons. The quantitative estimate of drug-likeness (QED) is 0.224. The Hall–Kier alpha value is -0.500. The highest BCUT2D eigenvalue weighted by atomic mass is 32.2. The molecule has 0 saturated heterocycles. The van der Waals surface area contributed by atoms with Crippen LogP contribution in [0.5, 0.6) is 0 Å². The van der Waals surface area contributed by atoms with Crippen molar-refractivity contribution >= 4 is 17.1 Å². The molecular formula is CH6N2O4S. The lowest BCUT2D eigenvalue weighted by molar-refractivity contribution is -0.0979. The summed E-state index contributed by atoms with van der Waals surface area (Å²) in [6.45, 7) is 2.00. The maximum absolute atomic E-state index is 9.32. The average molecular weight is 142 g/mol. The maximum atomic E-state index is 9.32. The molecule has 0 spiro atoms. The van der Waals surface area contributed by atoms with E-state index in [1.165, 1.54) is 0 Å². The highest BCUT2D eigenvalue weighted by molar-refractivity contribution is 7.83. The van der Waals surface area contributed by atoms with E-state index in [1.54, 1.807) is 0 Å². The molecule has 0 amide bonds. The van der Waals surface area contributed by atoms with Gasteiger partial charge in [0.05, 0.1) is 0 Å². The predicted molar refractivity (Wildman–Crippen MR) is 26.0 cm³/mol. The molecule has 4 N–H and O–H groups in total. The number of nitrogens with one attached hydrogen (secondary N) is 1. The summed E-state index contributed by atoms with van der Waals surface area (Å²) in [5, 5.41) is 0. The van der Waals surface area contributed by atoms with Crippen LogP contribution in [0.15, 0.2) is 0 Å². The largest absolute Gasteiger partial charge is 0.346 e. The molecule has 6 nitrogen and oxygen atoms in total. The van der Waals surface area contributed by atoms with Crippen molar-refractivity contribution in [2.45, 2.75) is 0 Å². The fourth-order valence-electron chi connectivity index (χ4n) is 0. The summed E-state index contributed by atoms with van der Waals surface area (Å²) in [5.74, 6) is 4.22. The van der Waals surface area contributed by atoms with Crippen molar-refractivity contribution in [3.05, 3.63) is 0 Å². The molecule has 7 heteroatoms. The van der Waals surface area contributed by atoms with Crippen LogP contribution in [0.25, 0.3) is 0 Å². The predicted octanol–water partition coefficient (Wildman–Crippen LogP) is -1.93. The molecule has 0 atom stereocenters. The number of hydrogen-bond donors (Lipinski definition) is 3. The molecule has 8 heavy (non-hydrogen) atoms. The van der Waals surface area contributed by atoms with Crippen LogP contribution in [-0.4, -0.2) is 19.8 Å². The number of carbonyl (C=O) groups excluding carboxylic acids is 1. The second-order valence-corrected chi connectivity index (χ2v) is 1.78. The van der Waals surface area contributed by atoms with Crippen molar-refractivity contribution in [3.8, 4) is 0 Å². The zero-order valence-electron chi connectivity index (χ0n) is 3.86. The summed E-state index contributed by atoms with van der Waals surface area (Å²) in [6, 6.07) is 0. The average Bonchev–Trinajstić information content (AvgIpc) is 1.71. The second-order valence-electron chi connectivity index (χ2n) is 0.593. The van der Waals surface area contributed by atoms with E-state index in [0.717, 1.165) is 4.83 Å². The molecular weight excluding hydrogens is 136 g/mol. The third-order valence-corrected chi connectivity index (χ3v) is 0.447. The van der Waals surface area contributed by atoms with Gasteiger partial charge in [-0.05, 0) is 0 Å². The molecule has 0 aliphatic carbocycles. The number of hydrogen-bond acceptors (Lipinski definition) is 4. The fraction of sp³-hybridized carbons (Fsp3) is 0. The first kappa shape index (κ1) is 10.5. The van der Waals surface area contributed by atoms with Crippen molar-refractivity contribution in [1.29, 1.82) is 0 Å². The number of carbonyl (C=O) groups is 1. The van der Waals surface area contributed by atoms with Gasteiger partial charge in [-0.2, -0.15) is 8.42 Å². The molecule has 0 bridgehead atoms. The van der Waals surface area contributed by atoms with Crippen molar-refractivity contribution in [2.24, 2.45) is 5.84 Å². The van der Waals surface area contributed by atoms with E-state index in [1.807, 2.05) is 6.79 Å². The van der Waals surface area contributed by atoms with E-state index in [9.17, 15) is 8.42 Å². The van der Waals surface area contributed by atoms with Gasteiger partial charge in [0, 0.05) is 0 Å². The van der Waals surface area contributed by atoms with E-state index >= 15 is 0 Å². The summed E-state index contributed by atoms with van der Waals surface area (Å²) in [6.07, 6.45) is 0. The van der Waals surface area contributed by atoms with Crippen molar-refractivity contribution in [1.82, 2.24) is 4.83 Å². The van der Waals surface area contributed by atoms with Gasteiger partial charge in [0.25, 0.3) is 0 Å². The van der Waals surface area contributed by atoms with E-state index in [2.05, 4.69) is 5.84 Å². The molecule has 0 saturated carbocycles. The summed E-state index contributed by atoms with van der Waals surface area (Å²) in [7, 11) is -4.13. The van der Waals surface area contributed by atoms with Crippen molar-refractivity contribution in [3.63, 3.8) is 0 Å². The molecule has 50 valence electrons. The van der Waals surface area contributed by atoms with Crippen LogP contribution >= 0.6 is 0 Å². The monoisotopic (exact) mass is 142 g/mol. The summed E-state index contributed by atoms with van der Waals surface area (Å²) >= 11 is 0. The Morgan fingerprint density at radius 3 is 1.62 bits per heavy atom. The normalized spacial score (nSPS) is 9.25. The van der Waals surface area contributed by atoms with E-state index in [-0.39, 0.29) is 0 Å². The Morgan fingerprint density at radius 2 is 1.62 bits per heavy atom. The summed E-state index contributed by atoms with van der Waals surface area (Å²) in [5.41, 5.74) is 0. The maximum Gasteiger partial charge on any atom is 0.346 e. The highest BCUT2D eigenvalue weighted by Gasteiger charge is 1.91. The third kappa shape index (κ3) is 17.8. The molecule has 0 fully saturated rings. The molecule has 0 aliphatic rings. The standard InChI is InChI=1S/CH2O.H4N2O3S/c1-2;1-2-6(3,4)5/h1H2;2H,1H2,(H,3,4,5). The lowest BCUT2D eigenvalue weighted by Gasteiger charge is -1.83. The molecule has 0 rings (SSSR count). The van der Waals surface area contributed by atoms with Gasteiger partial charge in [-0.1, -0.05) is 0 Å². The van der Waals surface area contributed by atoms with E-state index in [0.29, 0.717) is 0 Å². The lowest BCUT2D eigenvalue weighted by atomic mass is 11.9. The Balaban J connectivity index is 0. The van der Waals surface area contributed by atoms with Gasteiger partial charge >= 0.3 is 10.3 Å². The van der Waals surface area contributed by atoms with Gasteiger partial charge < -0.3 is 4.79 Å². The van der Waals surface area contributed by atoms with E-state index in [4.69, 9.17) is 9.35 Å². The summed E-state index contributed by atoms with van der Waals surface area (Å²) in [4.78, 5) is 9.13. The molecule has 0 unspecified atom stereocenters. The van der Waals surface area contributed by atoms with Gasteiger partial charge in [0.15, 0.2) is 0 Å². The van der Waals surface area contributed by atoms with E-state index < -0.39 is 10.3 Å². The second kappa shape index (κ2) is 4.65. The zero-order chi connectivity index (χ0) is 7.21. The number of nitrogens with two attached hydrogens (primary N) is 1. The van der Waals surface area contributed by atoms with Gasteiger partial charge in [-0.3, -0.25) is 10.4 Å². The Morgan fingerprint density at radius 1 is 1.50 bits per heavy atom. The van der Waals surface area contributed by atoms with Crippen LogP contribution in [-0.2, 0) is 15.1 Å². The molecule has 0 aromatic heterocycles. The SMILES string of the molecule is C=O.NNS(=O)(=O)O. The summed E-state index contributed by atoms with van der Waals surface area (Å²) < 4.78 is 26.2. The van der Waals surface area contributed by atoms with Crippen molar-refractivity contribution in [2.75, 3.05) is 0 Å². The van der Waals surface area contributed by atoms with Gasteiger partial charge in [0.2, 0.25) is 0 Å². The van der Waals surface area contributed by atoms with Crippen LogP contribution in [0, 0.1) is 0 Å². The van der Waals surface area contributed by atoms with Gasteiger partial charge in [-0.25, -0.2) is 0 Å². The van der Waals surface area contributed by atoms with Crippen LogP contribution < -0.4 is 10.7 Å². The molecule has 0 heterocycles. The fourth-order valence-corrected chi connectivity index (χ4v) is 0. The molecule has 0 aromatic carbocycles. The highest BCUT2D eigenvalue weighted by Crippen LogP contribution is 1.58. The van der Waals surface area contributed by atoms with Crippen LogP contribution in [0.4, 0.5) is 0 Å². The van der Waals surface area contributed by atoms with Crippen LogP contribution in [0.2, 0.25) is 0 Å². The minimum atomic E-state index is -4.13.